The lowest BCUT2D eigenvalue weighted by Gasteiger charge is -2.26. The summed E-state index contributed by atoms with van der Waals surface area (Å²) in [6.45, 7) is 11.8. The quantitative estimate of drug-likeness (QED) is 0.598. The molecule has 0 aromatic rings. The van der Waals surface area contributed by atoms with Crippen molar-refractivity contribution in [3.63, 3.8) is 0 Å². The maximum absolute atomic E-state index is 11.4. The van der Waals surface area contributed by atoms with Crippen molar-refractivity contribution in [3.8, 4) is 0 Å². The lowest BCUT2D eigenvalue weighted by Crippen LogP contribution is -2.29. The Bertz CT molecular complexity index is 154. The van der Waals surface area contributed by atoms with Crippen LogP contribution in [0.4, 0.5) is 0 Å². The summed E-state index contributed by atoms with van der Waals surface area (Å²) in [7, 11) is 0. The van der Waals surface area contributed by atoms with Crippen LogP contribution in [0.1, 0.15) is 41.5 Å². The Morgan fingerprint density at radius 3 is 1.83 bits per heavy atom. The fourth-order valence-electron chi connectivity index (χ4n) is 0.688. The van der Waals surface area contributed by atoms with Gasteiger partial charge < -0.3 is 4.74 Å². The van der Waals surface area contributed by atoms with Gasteiger partial charge in [-0.3, -0.25) is 4.79 Å². The van der Waals surface area contributed by atoms with E-state index in [0.717, 1.165) is 0 Å². The molecule has 0 saturated carbocycles. The van der Waals surface area contributed by atoms with Crippen molar-refractivity contribution in [2.75, 3.05) is 0 Å². The summed E-state index contributed by atoms with van der Waals surface area (Å²) in [6, 6.07) is 0. The maximum Gasteiger partial charge on any atom is 0.309 e. The summed E-state index contributed by atoms with van der Waals surface area (Å²) < 4.78 is 5.10. The second-order valence-corrected chi connectivity index (χ2v) is 4.57. The van der Waals surface area contributed by atoms with Crippen LogP contribution in [0.3, 0.4) is 0 Å². The zero-order valence-corrected chi connectivity index (χ0v) is 8.97. The van der Waals surface area contributed by atoms with E-state index in [1.165, 1.54) is 0 Å². The zero-order valence-electron chi connectivity index (χ0n) is 8.97. The first-order valence-electron chi connectivity index (χ1n) is 4.45. The van der Waals surface area contributed by atoms with Crippen LogP contribution in [0.2, 0.25) is 0 Å². The Balaban J connectivity index is 4.12. The van der Waals surface area contributed by atoms with Crippen molar-refractivity contribution in [1.82, 2.24) is 0 Å². The van der Waals surface area contributed by atoms with Crippen LogP contribution in [0.5, 0.6) is 0 Å². The van der Waals surface area contributed by atoms with Gasteiger partial charge in [0.25, 0.3) is 0 Å². The molecule has 0 aromatic carbocycles. The van der Waals surface area contributed by atoms with Crippen molar-refractivity contribution in [3.05, 3.63) is 0 Å². The van der Waals surface area contributed by atoms with Crippen LogP contribution in [-0.2, 0) is 9.53 Å². The van der Waals surface area contributed by atoms with Gasteiger partial charge in [0.2, 0.25) is 0 Å². The number of carbonyl (C=O) groups excluding carboxylic acids is 1. The first-order valence-corrected chi connectivity index (χ1v) is 4.45. The minimum atomic E-state index is -0.0995. The van der Waals surface area contributed by atoms with Gasteiger partial charge in [-0.05, 0) is 19.3 Å². The highest BCUT2D eigenvalue weighted by Crippen LogP contribution is 2.26. The fraction of sp³-hybridized carbons (Fsp3) is 0.900. The first-order chi connectivity index (χ1) is 5.25. The Morgan fingerprint density at radius 2 is 1.58 bits per heavy atom. The van der Waals surface area contributed by atoms with Gasteiger partial charge in [0.05, 0.1) is 12.0 Å². The molecule has 2 nitrogen and oxygen atoms in total. The molecule has 0 spiro atoms. The van der Waals surface area contributed by atoms with Crippen LogP contribution >= 0.6 is 0 Å². The number of hydrogen-bond acceptors (Lipinski definition) is 2. The Hall–Kier alpha value is -0.530. The second-order valence-electron chi connectivity index (χ2n) is 4.57. The SMILES string of the molecule is CC(C)OC(=O)C(C)C(C)(C)C. The van der Waals surface area contributed by atoms with Crippen molar-refractivity contribution in [2.24, 2.45) is 11.3 Å². The minimum Gasteiger partial charge on any atom is -0.463 e. The number of hydrogen-bond donors (Lipinski definition) is 0. The molecule has 0 aliphatic carbocycles. The van der Waals surface area contributed by atoms with Gasteiger partial charge in [-0.15, -0.1) is 0 Å². The highest BCUT2D eigenvalue weighted by Gasteiger charge is 2.28. The highest BCUT2D eigenvalue weighted by atomic mass is 16.5. The molecule has 2 heteroatoms. The molecule has 12 heavy (non-hydrogen) atoms. The van der Waals surface area contributed by atoms with Gasteiger partial charge in [-0.25, -0.2) is 0 Å². The smallest absolute Gasteiger partial charge is 0.309 e. The molecular weight excluding hydrogens is 152 g/mol. The molecule has 0 fully saturated rings. The van der Waals surface area contributed by atoms with Crippen molar-refractivity contribution < 1.29 is 9.53 Å². The van der Waals surface area contributed by atoms with E-state index in [0.29, 0.717) is 0 Å². The van der Waals surface area contributed by atoms with Gasteiger partial charge in [0, 0.05) is 0 Å². The molecule has 0 aliphatic heterocycles. The van der Waals surface area contributed by atoms with Gasteiger partial charge in [0.1, 0.15) is 0 Å². The summed E-state index contributed by atoms with van der Waals surface area (Å²) in [5, 5.41) is 0. The third-order valence-corrected chi connectivity index (χ3v) is 2.00. The monoisotopic (exact) mass is 172 g/mol. The molecule has 1 atom stereocenters. The molecule has 0 aromatic heterocycles. The van der Waals surface area contributed by atoms with E-state index in [-0.39, 0.29) is 23.4 Å². The van der Waals surface area contributed by atoms with E-state index in [1.807, 2.05) is 41.5 Å². The van der Waals surface area contributed by atoms with E-state index in [4.69, 9.17) is 4.74 Å². The highest BCUT2D eigenvalue weighted by molar-refractivity contribution is 5.72. The normalized spacial score (nSPS) is 14.6. The molecule has 0 saturated heterocycles. The van der Waals surface area contributed by atoms with Gasteiger partial charge >= 0.3 is 5.97 Å². The summed E-state index contributed by atoms with van der Waals surface area (Å²) in [5.74, 6) is -0.141. The van der Waals surface area contributed by atoms with E-state index in [2.05, 4.69) is 0 Å². The molecule has 72 valence electrons. The topological polar surface area (TPSA) is 26.3 Å². The number of rotatable bonds is 2. The third-order valence-electron chi connectivity index (χ3n) is 2.00. The van der Waals surface area contributed by atoms with Crippen LogP contribution in [0, 0.1) is 11.3 Å². The molecule has 0 rings (SSSR count). The molecule has 0 heterocycles. The van der Waals surface area contributed by atoms with Gasteiger partial charge in [-0.1, -0.05) is 27.7 Å². The number of carbonyl (C=O) groups is 1. The average Bonchev–Trinajstić information content (AvgIpc) is 1.82. The predicted molar refractivity (Wildman–Crippen MR) is 49.8 cm³/mol. The van der Waals surface area contributed by atoms with Crippen molar-refractivity contribution in [2.45, 2.75) is 47.6 Å². The summed E-state index contributed by atoms with van der Waals surface area (Å²) >= 11 is 0. The molecule has 0 aliphatic rings. The lowest BCUT2D eigenvalue weighted by molar-refractivity contribution is -0.155. The summed E-state index contributed by atoms with van der Waals surface area (Å²) in [6.07, 6.45) is -0.0118. The molecule has 0 amide bonds. The standard InChI is InChI=1S/C10H20O2/c1-7(2)12-9(11)8(3)10(4,5)6/h7-8H,1-6H3. The van der Waals surface area contributed by atoms with E-state index < -0.39 is 0 Å². The molecule has 1 unspecified atom stereocenters. The predicted octanol–water partition coefficient (Wildman–Crippen LogP) is 2.62. The molecule has 0 radical (unpaired) electrons. The molecule has 0 bridgehead atoms. The molecule has 0 N–H and O–H groups in total. The van der Waals surface area contributed by atoms with Crippen LogP contribution in [0.15, 0.2) is 0 Å². The van der Waals surface area contributed by atoms with E-state index >= 15 is 0 Å². The summed E-state index contributed by atoms with van der Waals surface area (Å²) in [4.78, 5) is 11.4. The number of esters is 1. The fourth-order valence-corrected chi connectivity index (χ4v) is 0.688. The Morgan fingerprint density at radius 1 is 1.17 bits per heavy atom. The maximum atomic E-state index is 11.4. The zero-order chi connectivity index (χ0) is 9.94. The molecular formula is C10H20O2. The third kappa shape index (κ3) is 3.74. The van der Waals surface area contributed by atoms with Crippen molar-refractivity contribution >= 4 is 5.97 Å². The Labute approximate surface area is 75.3 Å². The summed E-state index contributed by atoms with van der Waals surface area (Å²) in [5.41, 5.74) is -0.00796. The average molecular weight is 172 g/mol. The first kappa shape index (κ1) is 11.5. The largest absolute Gasteiger partial charge is 0.463 e. The number of ether oxygens (including phenoxy) is 1. The Kier molecular flexibility index (Phi) is 3.75. The van der Waals surface area contributed by atoms with E-state index in [9.17, 15) is 4.79 Å². The van der Waals surface area contributed by atoms with Crippen molar-refractivity contribution in [1.29, 1.82) is 0 Å². The van der Waals surface area contributed by atoms with Gasteiger partial charge in [0.15, 0.2) is 0 Å². The second kappa shape index (κ2) is 3.92. The minimum absolute atomic E-state index is 0.00796. The van der Waals surface area contributed by atoms with Crippen LogP contribution in [0.25, 0.3) is 0 Å². The lowest BCUT2D eigenvalue weighted by atomic mass is 9.82. The van der Waals surface area contributed by atoms with E-state index in [1.54, 1.807) is 0 Å². The van der Waals surface area contributed by atoms with Gasteiger partial charge in [-0.2, -0.15) is 0 Å². The van der Waals surface area contributed by atoms with Crippen LogP contribution in [-0.4, -0.2) is 12.1 Å². The van der Waals surface area contributed by atoms with Crippen LogP contribution < -0.4 is 0 Å².